The van der Waals surface area contributed by atoms with Crippen LogP contribution in [0.15, 0.2) is 29.6 Å². The summed E-state index contributed by atoms with van der Waals surface area (Å²) in [5.74, 6) is 0.0501. The molecular formula is C19H24ClN3OS. The number of unbranched alkanes of at least 4 members (excludes halogenated alkanes) is 1. The van der Waals surface area contributed by atoms with Crippen LogP contribution in [0.5, 0.6) is 0 Å². The highest BCUT2D eigenvalue weighted by Gasteiger charge is 2.11. The molecule has 1 aromatic heterocycles. The summed E-state index contributed by atoms with van der Waals surface area (Å²) in [5, 5.41) is 6.59. The van der Waals surface area contributed by atoms with Gasteiger partial charge in [-0.05, 0) is 57.5 Å². The molecule has 134 valence electrons. The topological polar surface area (TPSA) is 45.2 Å². The Bertz CT molecular complexity index is 680. The normalized spacial score (nSPS) is 14.8. The first-order valence-corrected chi connectivity index (χ1v) is 10.2. The first kappa shape index (κ1) is 18.4. The van der Waals surface area contributed by atoms with Gasteiger partial charge in [0.25, 0.3) is 0 Å². The molecule has 1 saturated heterocycles. The number of aromatic nitrogens is 1. The second-order valence-electron chi connectivity index (χ2n) is 6.43. The van der Waals surface area contributed by atoms with Gasteiger partial charge in [-0.1, -0.05) is 23.7 Å². The first-order chi connectivity index (χ1) is 12.2. The van der Waals surface area contributed by atoms with Crippen LogP contribution in [-0.4, -0.2) is 42.0 Å². The van der Waals surface area contributed by atoms with E-state index in [0.29, 0.717) is 11.4 Å². The molecular weight excluding hydrogens is 354 g/mol. The minimum absolute atomic E-state index is 0.0501. The predicted molar refractivity (Wildman–Crippen MR) is 104 cm³/mol. The molecule has 1 N–H and O–H groups in total. The number of benzene rings is 1. The Morgan fingerprint density at radius 3 is 2.72 bits per heavy atom. The van der Waals surface area contributed by atoms with E-state index < -0.39 is 0 Å². The Balaban J connectivity index is 1.37. The van der Waals surface area contributed by atoms with Gasteiger partial charge in [-0.15, -0.1) is 11.3 Å². The van der Waals surface area contributed by atoms with Crippen LogP contribution >= 0.6 is 22.9 Å². The van der Waals surface area contributed by atoms with Gasteiger partial charge in [-0.2, -0.15) is 0 Å². The predicted octanol–water partition coefficient (Wildman–Crippen LogP) is 4.00. The average Bonchev–Trinajstić information content (AvgIpc) is 3.27. The van der Waals surface area contributed by atoms with E-state index in [1.54, 1.807) is 11.3 Å². The molecule has 6 heteroatoms. The van der Waals surface area contributed by atoms with E-state index in [-0.39, 0.29) is 5.91 Å². The maximum Gasteiger partial charge on any atom is 0.226 e. The number of rotatable bonds is 8. The molecule has 1 fully saturated rings. The molecule has 0 unspecified atom stereocenters. The van der Waals surface area contributed by atoms with Crippen molar-refractivity contribution < 1.29 is 4.79 Å². The highest BCUT2D eigenvalue weighted by molar-refractivity contribution is 7.13. The maximum atomic E-state index is 12.0. The minimum atomic E-state index is 0.0501. The van der Waals surface area contributed by atoms with Gasteiger partial charge in [0.05, 0.1) is 12.1 Å². The van der Waals surface area contributed by atoms with E-state index in [1.165, 1.54) is 25.9 Å². The Morgan fingerprint density at radius 2 is 1.96 bits per heavy atom. The van der Waals surface area contributed by atoms with E-state index in [9.17, 15) is 4.79 Å². The van der Waals surface area contributed by atoms with E-state index in [2.05, 4.69) is 15.2 Å². The molecule has 4 nitrogen and oxygen atoms in total. The molecule has 2 heterocycles. The quantitative estimate of drug-likeness (QED) is 0.707. The van der Waals surface area contributed by atoms with Gasteiger partial charge < -0.3 is 10.2 Å². The lowest BCUT2D eigenvalue weighted by Crippen LogP contribution is -2.27. The third-order valence-corrected chi connectivity index (χ3v) is 5.60. The molecule has 0 atom stereocenters. The van der Waals surface area contributed by atoms with Crippen molar-refractivity contribution >= 4 is 28.8 Å². The number of hydrogen-bond donors (Lipinski definition) is 1. The molecule has 1 aliphatic heterocycles. The summed E-state index contributed by atoms with van der Waals surface area (Å²) in [6.45, 7) is 4.39. The van der Waals surface area contributed by atoms with Crippen molar-refractivity contribution in [2.45, 2.75) is 32.1 Å². The summed E-state index contributed by atoms with van der Waals surface area (Å²) in [5.41, 5.74) is 1.85. The minimum Gasteiger partial charge on any atom is -0.356 e. The lowest BCUT2D eigenvalue weighted by atomic mass is 10.2. The van der Waals surface area contributed by atoms with Gasteiger partial charge >= 0.3 is 0 Å². The molecule has 25 heavy (non-hydrogen) atoms. The molecule has 2 aromatic rings. The standard InChI is InChI=1S/C19H24ClN3OS/c20-16-7-5-15(6-8-16)19-22-17(14-25-19)13-18(24)21-9-1-2-10-23-11-3-4-12-23/h5-8,14H,1-4,9-13H2,(H,21,24). The van der Waals surface area contributed by atoms with Crippen LogP contribution in [0.4, 0.5) is 0 Å². The van der Waals surface area contributed by atoms with Crippen LogP contribution in [0, 0.1) is 0 Å². The fourth-order valence-corrected chi connectivity index (χ4v) is 3.99. The van der Waals surface area contributed by atoms with E-state index in [4.69, 9.17) is 11.6 Å². The van der Waals surface area contributed by atoms with Gasteiger partial charge in [-0.3, -0.25) is 4.79 Å². The summed E-state index contributed by atoms with van der Waals surface area (Å²) in [7, 11) is 0. The second-order valence-corrected chi connectivity index (χ2v) is 7.73. The zero-order valence-corrected chi connectivity index (χ0v) is 15.9. The number of amides is 1. The lowest BCUT2D eigenvalue weighted by Gasteiger charge is -2.13. The van der Waals surface area contributed by atoms with Crippen molar-refractivity contribution in [3.63, 3.8) is 0 Å². The average molecular weight is 378 g/mol. The molecule has 0 spiro atoms. The fourth-order valence-electron chi connectivity index (χ4n) is 3.03. The zero-order chi connectivity index (χ0) is 17.5. The van der Waals surface area contributed by atoms with Crippen LogP contribution in [0.2, 0.25) is 5.02 Å². The third kappa shape index (κ3) is 5.80. The fraction of sp³-hybridized carbons (Fsp3) is 0.474. The Morgan fingerprint density at radius 1 is 1.20 bits per heavy atom. The summed E-state index contributed by atoms with van der Waals surface area (Å²) >= 11 is 7.47. The third-order valence-electron chi connectivity index (χ3n) is 4.41. The van der Waals surface area contributed by atoms with E-state index >= 15 is 0 Å². The van der Waals surface area contributed by atoms with Crippen molar-refractivity contribution in [3.8, 4) is 10.6 Å². The number of carbonyl (C=O) groups excluding carboxylic acids is 1. The molecule has 0 saturated carbocycles. The van der Waals surface area contributed by atoms with Crippen molar-refractivity contribution in [2.75, 3.05) is 26.2 Å². The number of likely N-dealkylation sites (tertiary alicyclic amines) is 1. The Labute approximate surface area is 158 Å². The van der Waals surface area contributed by atoms with E-state index in [1.807, 2.05) is 29.6 Å². The molecule has 0 aliphatic carbocycles. The van der Waals surface area contributed by atoms with E-state index in [0.717, 1.165) is 42.2 Å². The van der Waals surface area contributed by atoms with Crippen LogP contribution < -0.4 is 5.32 Å². The van der Waals surface area contributed by atoms with Gasteiger partial charge in [0.1, 0.15) is 5.01 Å². The highest BCUT2D eigenvalue weighted by atomic mass is 35.5. The molecule has 0 radical (unpaired) electrons. The van der Waals surface area contributed by atoms with Crippen LogP contribution in [0.3, 0.4) is 0 Å². The summed E-state index contributed by atoms with van der Waals surface area (Å²) in [6, 6.07) is 7.61. The number of carbonyl (C=O) groups is 1. The maximum absolute atomic E-state index is 12.0. The monoisotopic (exact) mass is 377 g/mol. The van der Waals surface area contributed by atoms with Crippen molar-refractivity contribution in [1.82, 2.24) is 15.2 Å². The number of hydrogen-bond acceptors (Lipinski definition) is 4. The first-order valence-electron chi connectivity index (χ1n) is 8.90. The summed E-state index contributed by atoms with van der Waals surface area (Å²) in [6.07, 6.45) is 5.20. The number of nitrogens with one attached hydrogen (secondary N) is 1. The molecule has 0 bridgehead atoms. The van der Waals surface area contributed by atoms with Crippen LogP contribution in [0.25, 0.3) is 10.6 Å². The number of halogens is 1. The summed E-state index contributed by atoms with van der Waals surface area (Å²) in [4.78, 5) is 19.1. The molecule has 1 aliphatic rings. The smallest absolute Gasteiger partial charge is 0.226 e. The van der Waals surface area contributed by atoms with Crippen molar-refractivity contribution in [1.29, 1.82) is 0 Å². The molecule has 1 amide bonds. The molecule has 3 rings (SSSR count). The highest BCUT2D eigenvalue weighted by Crippen LogP contribution is 2.25. The number of thiazole rings is 1. The zero-order valence-electron chi connectivity index (χ0n) is 14.3. The summed E-state index contributed by atoms with van der Waals surface area (Å²) < 4.78 is 0. The van der Waals surface area contributed by atoms with Crippen LogP contribution in [-0.2, 0) is 11.2 Å². The van der Waals surface area contributed by atoms with Crippen LogP contribution in [0.1, 0.15) is 31.4 Å². The Hall–Kier alpha value is -1.43. The van der Waals surface area contributed by atoms with Gasteiger partial charge in [0.15, 0.2) is 0 Å². The van der Waals surface area contributed by atoms with Gasteiger partial charge in [0.2, 0.25) is 5.91 Å². The van der Waals surface area contributed by atoms with Gasteiger partial charge in [-0.25, -0.2) is 4.98 Å². The Kier molecular flexibility index (Phi) is 6.84. The largest absolute Gasteiger partial charge is 0.356 e. The van der Waals surface area contributed by atoms with Gasteiger partial charge in [0, 0.05) is 22.5 Å². The lowest BCUT2D eigenvalue weighted by molar-refractivity contribution is -0.120. The second kappa shape index (κ2) is 9.32. The van der Waals surface area contributed by atoms with Crippen molar-refractivity contribution in [2.24, 2.45) is 0 Å². The molecule has 1 aromatic carbocycles. The van der Waals surface area contributed by atoms with Crippen molar-refractivity contribution in [3.05, 3.63) is 40.4 Å². The number of nitrogens with zero attached hydrogens (tertiary/aromatic N) is 2. The SMILES string of the molecule is O=C(Cc1csc(-c2ccc(Cl)cc2)n1)NCCCCN1CCCC1.